The van der Waals surface area contributed by atoms with Gasteiger partial charge >= 0.3 is 6.03 Å². The van der Waals surface area contributed by atoms with Gasteiger partial charge in [-0.1, -0.05) is 78.9 Å². The molecule has 3 amide bonds. The number of hydrogen-bond acceptors (Lipinski definition) is 2. The third-order valence-corrected chi connectivity index (χ3v) is 6.54. The molecule has 170 valence electrons. The molecule has 1 atom stereocenters. The van der Waals surface area contributed by atoms with Gasteiger partial charge in [0.25, 0.3) is 0 Å². The van der Waals surface area contributed by atoms with E-state index in [0.717, 1.165) is 29.7 Å². The summed E-state index contributed by atoms with van der Waals surface area (Å²) in [5.74, 6) is -0.207. The zero-order valence-electron chi connectivity index (χ0n) is 19.0. The molecule has 2 N–H and O–H groups in total. The van der Waals surface area contributed by atoms with E-state index in [9.17, 15) is 9.59 Å². The highest BCUT2D eigenvalue weighted by Gasteiger charge is 2.32. The van der Waals surface area contributed by atoms with Gasteiger partial charge in [0.1, 0.15) is 0 Å². The van der Waals surface area contributed by atoms with Crippen LogP contribution in [0.4, 0.5) is 10.5 Å². The van der Waals surface area contributed by atoms with Gasteiger partial charge in [-0.25, -0.2) is 4.79 Å². The summed E-state index contributed by atoms with van der Waals surface area (Å²) in [6.07, 6.45) is 1.60. The number of anilines is 1. The maximum atomic E-state index is 13.2. The molecule has 3 aromatic rings. The Morgan fingerprint density at radius 1 is 0.879 bits per heavy atom. The third kappa shape index (κ3) is 5.43. The number of nitrogens with zero attached hydrogens (tertiary/aromatic N) is 1. The summed E-state index contributed by atoms with van der Waals surface area (Å²) in [6, 6.07) is 29.8. The van der Waals surface area contributed by atoms with Crippen LogP contribution in [0.3, 0.4) is 0 Å². The summed E-state index contributed by atoms with van der Waals surface area (Å²) in [7, 11) is 0. The van der Waals surface area contributed by atoms with E-state index < -0.39 is 0 Å². The molecule has 4 rings (SSSR count). The molecule has 0 saturated carbocycles. The third-order valence-electron chi connectivity index (χ3n) is 6.54. The molecule has 0 aromatic heterocycles. The number of hydrogen-bond donors (Lipinski definition) is 2. The van der Waals surface area contributed by atoms with Crippen LogP contribution in [-0.2, 0) is 10.2 Å². The Kier molecular flexibility index (Phi) is 7.08. The number of nitrogens with one attached hydrogen (secondary N) is 2. The molecule has 5 nitrogen and oxygen atoms in total. The molecular weight excluding hydrogens is 410 g/mol. The molecule has 33 heavy (non-hydrogen) atoms. The van der Waals surface area contributed by atoms with Crippen molar-refractivity contribution in [1.82, 2.24) is 10.2 Å². The lowest BCUT2D eigenvalue weighted by molar-refractivity contribution is -0.126. The first kappa shape index (κ1) is 22.6. The second kappa shape index (κ2) is 10.3. The largest absolute Gasteiger partial charge is 0.355 e. The van der Waals surface area contributed by atoms with Crippen molar-refractivity contribution in [3.05, 3.63) is 102 Å². The first-order valence-corrected chi connectivity index (χ1v) is 11.6. The normalized spacial score (nSPS) is 16.2. The summed E-state index contributed by atoms with van der Waals surface area (Å²) in [5.41, 5.74) is 2.72. The highest BCUT2D eigenvalue weighted by atomic mass is 16.2. The molecule has 0 radical (unpaired) electrons. The highest BCUT2D eigenvalue weighted by molar-refractivity contribution is 5.90. The zero-order valence-corrected chi connectivity index (χ0v) is 19.0. The molecule has 1 aliphatic heterocycles. The number of para-hydroxylation sites is 1. The number of amides is 3. The number of carbonyl (C=O) groups excluding carboxylic acids is 2. The average Bonchev–Trinajstić information content (AvgIpc) is 2.88. The second-order valence-corrected chi connectivity index (χ2v) is 8.86. The van der Waals surface area contributed by atoms with E-state index in [-0.39, 0.29) is 23.3 Å². The molecular formula is C28H31N3O2. The Morgan fingerprint density at radius 3 is 2.00 bits per heavy atom. The Labute approximate surface area is 195 Å². The quantitative estimate of drug-likeness (QED) is 0.562. The smallest absolute Gasteiger partial charge is 0.321 e. The molecule has 0 unspecified atom stereocenters. The Balaban J connectivity index is 1.42. The average molecular weight is 442 g/mol. The number of rotatable bonds is 6. The first-order chi connectivity index (χ1) is 16.1. The van der Waals surface area contributed by atoms with E-state index in [1.807, 2.05) is 66.7 Å². The van der Waals surface area contributed by atoms with Crippen molar-refractivity contribution in [2.24, 2.45) is 5.92 Å². The van der Waals surface area contributed by atoms with E-state index in [2.05, 4.69) is 41.8 Å². The minimum atomic E-state index is -0.350. The topological polar surface area (TPSA) is 61.4 Å². The molecule has 3 aromatic carbocycles. The maximum absolute atomic E-state index is 13.2. The molecule has 0 spiro atoms. The van der Waals surface area contributed by atoms with Gasteiger partial charge in [-0.3, -0.25) is 4.79 Å². The summed E-state index contributed by atoms with van der Waals surface area (Å²) < 4.78 is 0. The number of likely N-dealkylation sites (tertiary alicyclic amines) is 1. The lowest BCUT2D eigenvalue weighted by atomic mass is 9.76. The minimum absolute atomic E-state index is 0.00491. The van der Waals surface area contributed by atoms with Crippen LogP contribution in [0, 0.1) is 5.92 Å². The van der Waals surface area contributed by atoms with Crippen molar-refractivity contribution in [1.29, 1.82) is 0 Å². The van der Waals surface area contributed by atoms with E-state index >= 15 is 0 Å². The van der Waals surface area contributed by atoms with Crippen LogP contribution in [0.2, 0.25) is 0 Å². The van der Waals surface area contributed by atoms with Crippen LogP contribution >= 0.6 is 0 Å². The van der Waals surface area contributed by atoms with Gasteiger partial charge in [0, 0.05) is 30.7 Å². The van der Waals surface area contributed by atoms with Crippen molar-refractivity contribution in [2.45, 2.75) is 25.2 Å². The van der Waals surface area contributed by atoms with Crippen LogP contribution in [0.25, 0.3) is 0 Å². The fraction of sp³-hybridized carbons (Fsp3) is 0.286. The fourth-order valence-corrected chi connectivity index (χ4v) is 4.49. The number of carbonyl (C=O) groups is 2. The highest BCUT2D eigenvalue weighted by Crippen LogP contribution is 2.31. The van der Waals surface area contributed by atoms with Gasteiger partial charge in [0.2, 0.25) is 5.91 Å². The Hall–Kier alpha value is -3.60. The predicted molar refractivity (Wildman–Crippen MR) is 132 cm³/mol. The van der Waals surface area contributed by atoms with Crippen molar-refractivity contribution >= 4 is 17.6 Å². The molecule has 1 saturated heterocycles. The lowest BCUT2D eigenvalue weighted by Gasteiger charge is -2.34. The monoisotopic (exact) mass is 441 g/mol. The van der Waals surface area contributed by atoms with Gasteiger partial charge in [-0.15, -0.1) is 0 Å². The van der Waals surface area contributed by atoms with Gasteiger partial charge in [-0.05, 0) is 43.0 Å². The van der Waals surface area contributed by atoms with E-state index in [0.29, 0.717) is 19.6 Å². The van der Waals surface area contributed by atoms with Gasteiger partial charge in [0.15, 0.2) is 0 Å². The summed E-state index contributed by atoms with van der Waals surface area (Å²) in [6.45, 7) is 3.75. The molecule has 5 heteroatoms. The Bertz CT molecular complexity index is 1010. The zero-order chi connectivity index (χ0) is 23.1. The van der Waals surface area contributed by atoms with Crippen molar-refractivity contribution in [3.8, 4) is 0 Å². The Morgan fingerprint density at radius 2 is 1.42 bits per heavy atom. The summed E-state index contributed by atoms with van der Waals surface area (Å²) in [4.78, 5) is 27.6. The van der Waals surface area contributed by atoms with Crippen LogP contribution in [0.5, 0.6) is 0 Å². The van der Waals surface area contributed by atoms with Crippen molar-refractivity contribution in [3.63, 3.8) is 0 Å². The van der Waals surface area contributed by atoms with Gasteiger partial charge < -0.3 is 15.5 Å². The van der Waals surface area contributed by atoms with Crippen LogP contribution in [-0.4, -0.2) is 36.5 Å². The van der Waals surface area contributed by atoms with E-state index in [4.69, 9.17) is 0 Å². The SMILES string of the molecule is CC(CNC(=O)[C@@H]1CCCN(C(=O)Nc2ccccc2)C1)(c1ccccc1)c1ccccc1. The van der Waals surface area contributed by atoms with Crippen LogP contribution in [0.15, 0.2) is 91.0 Å². The fourth-order valence-electron chi connectivity index (χ4n) is 4.49. The molecule has 1 fully saturated rings. The minimum Gasteiger partial charge on any atom is -0.355 e. The summed E-state index contributed by atoms with van der Waals surface area (Å²) in [5, 5.41) is 6.13. The lowest BCUT2D eigenvalue weighted by Crippen LogP contribution is -2.49. The summed E-state index contributed by atoms with van der Waals surface area (Å²) >= 11 is 0. The van der Waals surface area contributed by atoms with Gasteiger partial charge in [0.05, 0.1) is 5.92 Å². The van der Waals surface area contributed by atoms with Crippen molar-refractivity contribution in [2.75, 3.05) is 25.0 Å². The standard InChI is InChI=1S/C28H31N3O2/c1-28(23-13-5-2-6-14-23,24-15-7-3-8-16-24)21-29-26(32)22-12-11-19-31(20-22)27(33)30-25-17-9-4-10-18-25/h2-10,13-18,22H,11-12,19-21H2,1H3,(H,29,32)(H,30,33)/t22-/m1/s1. The molecule has 0 bridgehead atoms. The predicted octanol–water partition coefficient (Wildman–Crippen LogP) is 5.05. The molecule has 0 aliphatic carbocycles. The van der Waals surface area contributed by atoms with Crippen molar-refractivity contribution < 1.29 is 9.59 Å². The molecule has 1 aliphatic rings. The number of benzene rings is 3. The molecule has 1 heterocycles. The van der Waals surface area contributed by atoms with Gasteiger partial charge in [-0.2, -0.15) is 0 Å². The first-order valence-electron chi connectivity index (χ1n) is 11.6. The van der Waals surface area contributed by atoms with Crippen LogP contribution in [0.1, 0.15) is 30.9 Å². The van der Waals surface area contributed by atoms with E-state index in [1.54, 1.807) is 4.90 Å². The maximum Gasteiger partial charge on any atom is 0.321 e. The number of urea groups is 1. The van der Waals surface area contributed by atoms with E-state index in [1.165, 1.54) is 0 Å². The van der Waals surface area contributed by atoms with Crippen LogP contribution < -0.4 is 10.6 Å². The second-order valence-electron chi connectivity index (χ2n) is 8.86. The number of piperidine rings is 1.